The Labute approximate surface area is 283 Å². The van der Waals surface area contributed by atoms with Crippen LogP contribution in [-0.4, -0.2) is 30.4 Å². The molecular weight excluding hydrogens is 711 g/mol. The van der Waals surface area contributed by atoms with E-state index in [1.807, 2.05) is 0 Å². The van der Waals surface area contributed by atoms with Gasteiger partial charge in [0.25, 0.3) is 5.56 Å². The van der Waals surface area contributed by atoms with Gasteiger partial charge < -0.3 is 14.2 Å². The molecular formula is C31H21Cl4F3N2O5S. The van der Waals surface area contributed by atoms with Gasteiger partial charge in [-0.3, -0.25) is 9.36 Å². The lowest BCUT2D eigenvalue weighted by Gasteiger charge is -2.26. The van der Waals surface area contributed by atoms with Gasteiger partial charge in [-0.2, -0.15) is 13.2 Å². The van der Waals surface area contributed by atoms with E-state index in [0.717, 1.165) is 4.57 Å². The number of nitrogens with zero attached hydrogens (tertiary/aromatic N) is 2. The second-order valence-corrected chi connectivity index (χ2v) is 12.4. The summed E-state index contributed by atoms with van der Waals surface area (Å²) < 4.78 is 60.4. The summed E-state index contributed by atoms with van der Waals surface area (Å²) in [6.45, 7) is 1.35. The first kappa shape index (κ1) is 33.9. The third-order valence-corrected chi connectivity index (χ3v) is 8.95. The standard InChI is InChI=1S/C31H21Cl4F3N2O5S/c1-3-44-29(42)24-25(17-5-7-18(32)8-6-17)40-28(41)23(46-30(40)39-27(24)31(36,37)38)13-16-11-21(35)26(22(12-16)43-2)45-14-15-4-9-19(33)20(34)10-15/h4-13,25H,3,14H2,1-2H3/b23-13-/t25-/m0/s1. The molecule has 0 bridgehead atoms. The molecule has 15 heteroatoms. The van der Waals surface area contributed by atoms with Crippen molar-refractivity contribution in [2.75, 3.05) is 13.7 Å². The van der Waals surface area contributed by atoms with E-state index in [9.17, 15) is 22.8 Å². The Morgan fingerprint density at radius 3 is 2.37 bits per heavy atom. The van der Waals surface area contributed by atoms with Crippen molar-refractivity contribution in [3.63, 3.8) is 0 Å². The number of alkyl halides is 3. The molecule has 0 aliphatic carbocycles. The zero-order chi connectivity index (χ0) is 33.3. The van der Waals surface area contributed by atoms with Crippen LogP contribution in [0.2, 0.25) is 20.1 Å². The summed E-state index contributed by atoms with van der Waals surface area (Å²) >= 11 is 25.4. The second kappa shape index (κ2) is 13.7. The average Bonchev–Trinajstić information content (AvgIpc) is 3.31. The lowest BCUT2D eigenvalue weighted by Crippen LogP contribution is -2.41. The van der Waals surface area contributed by atoms with E-state index in [0.29, 0.717) is 37.5 Å². The SMILES string of the molecule is CCOC(=O)C1=C(C(F)(F)F)N=c2s/c(=C\c3cc(Cl)c(OCc4ccc(Cl)c(Cl)c4)c(OC)c3)c(=O)n2[C@H]1c1ccc(Cl)cc1. The van der Waals surface area contributed by atoms with Gasteiger partial charge in [-0.05, 0) is 66.1 Å². The normalized spacial score (nSPS) is 15.0. The van der Waals surface area contributed by atoms with Crippen LogP contribution in [0.15, 0.2) is 75.7 Å². The fraction of sp³-hybridized carbons (Fsp3) is 0.194. The summed E-state index contributed by atoms with van der Waals surface area (Å²) in [5, 5.41) is 1.19. The molecule has 0 amide bonds. The Morgan fingerprint density at radius 2 is 1.74 bits per heavy atom. The highest BCUT2D eigenvalue weighted by atomic mass is 35.5. The largest absolute Gasteiger partial charge is 0.493 e. The van der Waals surface area contributed by atoms with Gasteiger partial charge in [-0.15, -0.1) is 0 Å². The fourth-order valence-corrected chi connectivity index (χ4v) is 6.42. The van der Waals surface area contributed by atoms with Gasteiger partial charge in [0.15, 0.2) is 22.0 Å². The molecule has 1 aliphatic heterocycles. The number of esters is 1. The van der Waals surface area contributed by atoms with Crippen LogP contribution >= 0.6 is 57.7 Å². The summed E-state index contributed by atoms with van der Waals surface area (Å²) in [6, 6.07) is 12.3. The van der Waals surface area contributed by atoms with Crippen molar-refractivity contribution < 1.29 is 32.2 Å². The first-order chi connectivity index (χ1) is 21.8. The molecule has 240 valence electrons. The number of hydrogen-bond donors (Lipinski definition) is 0. The number of hydrogen-bond acceptors (Lipinski definition) is 7. The lowest BCUT2D eigenvalue weighted by atomic mass is 9.95. The highest BCUT2D eigenvalue weighted by molar-refractivity contribution is 7.07. The van der Waals surface area contributed by atoms with Crippen molar-refractivity contribution in [1.29, 1.82) is 0 Å². The third-order valence-electron chi connectivity index (χ3n) is 6.70. The van der Waals surface area contributed by atoms with Crippen LogP contribution in [0.25, 0.3) is 6.08 Å². The first-order valence-corrected chi connectivity index (χ1v) is 15.6. The first-order valence-electron chi connectivity index (χ1n) is 13.3. The summed E-state index contributed by atoms with van der Waals surface area (Å²) in [7, 11) is 1.40. The molecule has 46 heavy (non-hydrogen) atoms. The smallest absolute Gasteiger partial charge is 0.434 e. The van der Waals surface area contributed by atoms with Crippen LogP contribution in [0.4, 0.5) is 13.2 Å². The molecule has 4 aromatic rings. The Bertz CT molecular complexity index is 2040. The maximum Gasteiger partial charge on any atom is 0.434 e. The molecule has 0 spiro atoms. The zero-order valence-electron chi connectivity index (χ0n) is 23.8. The number of methoxy groups -OCH3 is 1. The Hall–Kier alpha value is -3.48. The van der Waals surface area contributed by atoms with E-state index in [4.69, 9.17) is 60.6 Å². The molecule has 0 fully saturated rings. The van der Waals surface area contributed by atoms with Gasteiger partial charge in [0.2, 0.25) is 0 Å². The van der Waals surface area contributed by atoms with Crippen LogP contribution < -0.4 is 24.4 Å². The molecule has 1 atom stereocenters. The molecule has 0 N–H and O–H groups in total. The molecule has 1 aliphatic rings. The summed E-state index contributed by atoms with van der Waals surface area (Å²) in [5.74, 6) is -0.805. The number of carbonyl (C=O) groups is 1. The number of allylic oxidation sites excluding steroid dienone is 1. The molecule has 0 unspecified atom stereocenters. The van der Waals surface area contributed by atoms with E-state index in [1.165, 1.54) is 50.4 Å². The van der Waals surface area contributed by atoms with E-state index in [-0.39, 0.29) is 44.6 Å². The molecule has 0 saturated carbocycles. The Kier molecular flexibility index (Phi) is 10.1. The van der Waals surface area contributed by atoms with Crippen molar-refractivity contribution in [3.05, 3.63) is 122 Å². The number of rotatable bonds is 8. The average molecular weight is 732 g/mol. The molecule has 0 saturated heterocycles. The van der Waals surface area contributed by atoms with E-state index >= 15 is 0 Å². The molecule has 0 radical (unpaired) electrons. The summed E-state index contributed by atoms with van der Waals surface area (Å²) in [6.07, 6.45) is -3.60. The fourth-order valence-electron chi connectivity index (χ4n) is 4.70. The topological polar surface area (TPSA) is 79.1 Å². The molecule has 7 nitrogen and oxygen atoms in total. The van der Waals surface area contributed by atoms with Gasteiger partial charge >= 0.3 is 12.1 Å². The van der Waals surface area contributed by atoms with Crippen molar-refractivity contribution in [2.24, 2.45) is 4.99 Å². The minimum atomic E-state index is -5.03. The number of aromatic nitrogens is 1. The minimum Gasteiger partial charge on any atom is -0.493 e. The van der Waals surface area contributed by atoms with Crippen molar-refractivity contribution in [2.45, 2.75) is 25.7 Å². The number of ether oxygens (including phenoxy) is 3. The van der Waals surface area contributed by atoms with Gasteiger partial charge in [0.1, 0.15) is 6.61 Å². The number of benzene rings is 3. The van der Waals surface area contributed by atoms with Crippen molar-refractivity contribution >= 4 is 69.8 Å². The van der Waals surface area contributed by atoms with E-state index in [2.05, 4.69) is 4.99 Å². The quantitative estimate of drug-likeness (QED) is 0.175. The molecule has 5 rings (SSSR count). The number of fused-ring (bicyclic) bond motifs is 1. The highest BCUT2D eigenvalue weighted by Gasteiger charge is 2.45. The maximum atomic E-state index is 14.3. The number of thiazole rings is 1. The van der Waals surface area contributed by atoms with Crippen LogP contribution in [0.5, 0.6) is 11.5 Å². The molecule has 2 heterocycles. The third kappa shape index (κ3) is 6.94. The zero-order valence-corrected chi connectivity index (χ0v) is 27.6. The predicted molar refractivity (Wildman–Crippen MR) is 171 cm³/mol. The molecule has 3 aromatic carbocycles. The van der Waals surface area contributed by atoms with Crippen LogP contribution in [0, 0.1) is 0 Å². The van der Waals surface area contributed by atoms with Gasteiger partial charge in [0, 0.05) is 5.02 Å². The van der Waals surface area contributed by atoms with Crippen LogP contribution in [0.3, 0.4) is 0 Å². The van der Waals surface area contributed by atoms with Crippen LogP contribution in [-0.2, 0) is 16.1 Å². The molecule has 1 aromatic heterocycles. The van der Waals surface area contributed by atoms with Crippen molar-refractivity contribution in [3.8, 4) is 11.5 Å². The highest BCUT2D eigenvalue weighted by Crippen LogP contribution is 2.39. The maximum absolute atomic E-state index is 14.3. The second-order valence-electron chi connectivity index (χ2n) is 9.69. The Morgan fingerprint density at radius 1 is 1.02 bits per heavy atom. The van der Waals surface area contributed by atoms with Gasteiger partial charge in [0.05, 0.1) is 44.9 Å². The number of carbonyl (C=O) groups excluding carboxylic acids is 1. The lowest BCUT2D eigenvalue weighted by molar-refractivity contribution is -0.140. The summed E-state index contributed by atoms with van der Waals surface area (Å²) in [4.78, 5) is 30.3. The van der Waals surface area contributed by atoms with Crippen molar-refractivity contribution in [1.82, 2.24) is 4.57 Å². The van der Waals surface area contributed by atoms with Crippen LogP contribution in [0.1, 0.15) is 29.7 Å². The number of halogens is 7. The minimum absolute atomic E-state index is 0.0203. The monoisotopic (exact) mass is 730 g/mol. The van der Waals surface area contributed by atoms with Gasteiger partial charge in [-0.1, -0.05) is 75.9 Å². The predicted octanol–water partition coefficient (Wildman–Crippen LogP) is 7.54. The van der Waals surface area contributed by atoms with Gasteiger partial charge in [-0.25, -0.2) is 9.79 Å². The van der Waals surface area contributed by atoms with E-state index < -0.39 is 35.0 Å². The Balaban J connectivity index is 1.62. The summed E-state index contributed by atoms with van der Waals surface area (Å²) in [5.41, 5.74) is -1.66. The van der Waals surface area contributed by atoms with E-state index in [1.54, 1.807) is 24.3 Å².